The van der Waals surface area contributed by atoms with Crippen molar-refractivity contribution < 1.29 is 14.6 Å². The Kier molecular flexibility index (Phi) is 5.30. The molecule has 0 aliphatic carbocycles. The zero-order valence-corrected chi connectivity index (χ0v) is 14.3. The van der Waals surface area contributed by atoms with Gasteiger partial charge in [0.15, 0.2) is 17.1 Å². The average molecular weight is 343 g/mol. The molecule has 0 unspecified atom stereocenters. The van der Waals surface area contributed by atoms with Gasteiger partial charge in [0, 0.05) is 11.8 Å². The molecule has 3 aromatic rings. The Hall–Kier alpha value is -2.87. The van der Waals surface area contributed by atoms with Gasteiger partial charge in [0.2, 0.25) is 0 Å². The molecule has 25 heavy (non-hydrogen) atoms. The van der Waals surface area contributed by atoms with Crippen LogP contribution in [0.5, 0.6) is 11.5 Å². The van der Waals surface area contributed by atoms with Crippen molar-refractivity contribution in [3.8, 4) is 11.5 Å². The Bertz CT molecular complexity index is 849. The summed E-state index contributed by atoms with van der Waals surface area (Å²) in [7, 11) is 0. The Labute approximate surface area is 145 Å². The first kappa shape index (κ1) is 17.0. The van der Waals surface area contributed by atoms with Crippen molar-refractivity contribution in [3.05, 3.63) is 30.7 Å². The Morgan fingerprint density at radius 1 is 1.12 bits per heavy atom. The van der Waals surface area contributed by atoms with Crippen LogP contribution in [-0.2, 0) is 6.54 Å². The van der Waals surface area contributed by atoms with Gasteiger partial charge in [-0.25, -0.2) is 14.6 Å². The molecule has 1 aromatic carbocycles. The summed E-state index contributed by atoms with van der Waals surface area (Å²) in [6.07, 6.45) is 3.16. The number of nitrogens with one attached hydrogen (secondary N) is 1. The number of hydrogen-bond donors (Lipinski definition) is 2. The number of ether oxygens (including phenoxy) is 2. The number of fused-ring (bicyclic) bond motifs is 1. The van der Waals surface area contributed by atoms with Crippen LogP contribution in [0.3, 0.4) is 0 Å². The Morgan fingerprint density at radius 2 is 1.92 bits per heavy atom. The molecule has 8 nitrogen and oxygen atoms in total. The molecule has 0 radical (unpaired) electrons. The number of aromatic nitrogens is 4. The van der Waals surface area contributed by atoms with Crippen molar-refractivity contribution >= 4 is 22.5 Å². The van der Waals surface area contributed by atoms with Gasteiger partial charge in [-0.3, -0.25) is 0 Å². The van der Waals surface area contributed by atoms with Crippen molar-refractivity contribution in [2.45, 2.75) is 20.4 Å². The highest BCUT2D eigenvalue weighted by atomic mass is 16.5. The normalized spacial score (nSPS) is 10.8. The fourth-order valence-corrected chi connectivity index (χ4v) is 2.52. The van der Waals surface area contributed by atoms with Gasteiger partial charge in [0.25, 0.3) is 0 Å². The van der Waals surface area contributed by atoms with Gasteiger partial charge >= 0.3 is 0 Å². The molecule has 3 rings (SSSR count). The Balaban J connectivity index is 1.91. The summed E-state index contributed by atoms with van der Waals surface area (Å²) >= 11 is 0. The lowest BCUT2D eigenvalue weighted by Gasteiger charge is -2.13. The van der Waals surface area contributed by atoms with Crippen molar-refractivity contribution in [2.75, 3.05) is 25.1 Å². The Morgan fingerprint density at radius 3 is 2.68 bits per heavy atom. The van der Waals surface area contributed by atoms with E-state index in [0.29, 0.717) is 42.7 Å². The summed E-state index contributed by atoms with van der Waals surface area (Å²) in [5, 5.41) is 17.4. The van der Waals surface area contributed by atoms with Crippen molar-refractivity contribution in [2.24, 2.45) is 0 Å². The highest BCUT2D eigenvalue weighted by Crippen LogP contribution is 2.32. The first-order chi connectivity index (χ1) is 12.3. The molecule has 2 N–H and O–H groups in total. The summed E-state index contributed by atoms with van der Waals surface area (Å²) in [5.74, 6) is 2.02. The fourth-order valence-electron chi connectivity index (χ4n) is 2.52. The fraction of sp³-hybridized carbons (Fsp3) is 0.353. The van der Waals surface area contributed by atoms with E-state index in [4.69, 9.17) is 14.6 Å². The predicted molar refractivity (Wildman–Crippen MR) is 94.5 cm³/mol. The number of nitrogens with zero attached hydrogens (tertiary/aromatic N) is 4. The number of rotatable bonds is 8. The smallest absolute Gasteiger partial charge is 0.163 e. The van der Waals surface area contributed by atoms with E-state index in [-0.39, 0.29) is 6.61 Å². The third kappa shape index (κ3) is 3.63. The second-order valence-corrected chi connectivity index (χ2v) is 5.20. The van der Waals surface area contributed by atoms with Gasteiger partial charge in [-0.05, 0) is 26.0 Å². The van der Waals surface area contributed by atoms with Crippen molar-refractivity contribution in [3.63, 3.8) is 0 Å². The van der Waals surface area contributed by atoms with Crippen LogP contribution in [0.2, 0.25) is 0 Å². The third-order valence-corrected chi connectivity index (χ3v) is 3.55. The maximum Gasteiger partial charge on any atom is 0.163 e. The predicted octanol–water partition coefficient (Wildman–Crippen LogP) is 2.36. The van der Waals surface area contributed by atoms with E-state index >= 15 is 0 Å². The molecule has 0 fully saturated rings. The molecule has 0 saturated heterocycles. The monoisotopic (exact) mass is 343 g/mol. The van der Waals surface area contributed by atoms with E-state index in [1.807, 2.05) is 32.0 Å². The number of hydrogen-bond acceptors (Lipinski definition) is 7. The SMILES string of the molecule is CCOc1ccc(Nc2ncnc3c2cnn3CCO)cc1OCC. The zero-order valence-electron chi connectivity index (χ0n) is 14.3. The first-order valence-electron chi connectivity index (χ1n) is 8.20. The van der Waals surface area contributed by atoms with Crippen LogP contribution >= 0.6 is 0 Å². The van der Waals surface area contributed by atoms with Gasteiger partial charge in [-0.15, -0.1) is 0 Å². The van der Waals surface area contributed by atoms with E-state index in [1.54, 1.807) is 10.9 Å². The van der Waals surface area contributed by atoms with Gasteiger partial charge in [0.05, 0.1) is 37.9 Å². The molecule has 0 aliphatic heterocycles. The second kappa shape index (κ2) is 7.80. The molecule has 2 heterocycles. The maximum absolute atomic E-state index is 9.11. The van der Waals surface area contributed by atoms with Crippen LogP contribution in [-0.4, -0.2) is 44.7 Å². The van der Waals surface area contributed by atoms with Gasteiger partial charge in [-0.1, -0.05) is 0 Å². The second-order valence-electron chi connectivity index (χ2n) is 5.20. The summed E-state index contributed by atoms with van der Waals surface area (Å²) in [5.41, 5.74) is 1.49. The van der Waals surface area contributed by atoms with E-state index in [9.17, 15) is 0 Å². The zero-order chi connectivity index (χ0) is 17.6. The topological polar surface area (TPSA) is 94.3 Å². The van der Waals surface area contributed by atoms with E-state index in [2.05, 4.69) is 20.4 Å². The number of anilines is 2. The lowest BCUT2D eigenvalue weighted by atomic mass is 10.2. The molecule has 8 heteroatoms. The molecule has 0 bridgehead atoms. The summed E-state index contributed by atoms with van der Waals surface area (Å²) in [4.78, 5) is 8.54. The van der Waals surface area contributed by atoms with Gasteiger partial charge in [-0.2, -0.15) is 5.10 Å². The quantitative estimate of drug-likeness (QED) is 0.648. The molecule has 0 amide bonds. The average Bonchev–Trinajstić information content (AvgIpc) is 3.02. The molecule has 2 aromatic heterocycles. The molecule has 0 spiro atoms. The van der Waals surface area contributed by atoms with Crippen LogP contribution < -0.4 is 14.8 Å². The maximum atomic E-state index is 9.11. The molecular formula is C17H21N5O3. The number of benzene rings is 1. The highest BCUT2D eigenvalue weighted by Gasteiger charge is 2.11. The number of aliphatic hydroxyl groups excluding tert-OH is 1. The molecule has 132 valence electrons. The summed E-state index contributed by atoms with van der Waals surface area (Å²) < 4.78 is 12.9. The van der Waals surface area contributed by atoms with E-state index in [1.165, 1.54) is 6.33 Å². The summed E-state index contributed by atoms with van der Waals surface area (Å²) in [6, 6.07) is 5.64. The number of aliphatic hydroxyl groups is 1. The van der Waals surface area contributed by atoms with Crippen LogP contribution in [0.25, 0.3) is 11.0 Å². The minimum absolute atomic E-state index is 0.000151. The molecular weight excluding hydrogens is 322 g/mol. The van der Waals surface area contributed by atoms with Crippen molar-refractivity contribution in [1.29, 1.82) is 0 Å². The molecule has 0 atom stereocenters. The molecule has 0 aliphatic rings. The standard InChI is InChI=1S/C17H21N5O3/c1-3-24-14-6-5-12(9-15(14)25-4-2)21-16-13-10-20-22(7-8-23)17(13)19-11-18-16/h5-6,9-11,23H,3-4,7-8H2,1-2H3,(H,18,19,21). The molecule has 0 saturated carbocycles. The lowest BCUT2D eigenvalue weighted by molar-refractivity contribution is 0.271. The van der Waals surface area contributed by atoms with E-state index in [0.717, 1.165) is 11.1 Å². The van der Waals surface area contributed by atoms with Gasteiger partial charge in [0.1, 0.15) is 12.1 Å². The minimum Gasteiger partial charge on any atom is -0.490 e. The minimum atomic E-state index is 0.000151. The third-order valence-electron chi connectivity index (χ3n) is 3.55. The van der Waals surface area contributed by atoms with Crippen LogP contribution in [0.4, 0.5) is 11.5 Å². The summed E-state index contributed by atoms with van der Waals surface area (Å²) in [6.45, 7) is 5.37. The van der Waals surface area contributed by atoms with Crippen LogP contribution in [0.1, 0.15) is 13.8 Å². The lowest BCUT2D eigenvalue weighted by Crippen LogP contribution is -2.05. The van der Waals surface area contributed by atoms with Crippen LogP contribution in [0, 0.1) is 0 Å². The van der Waals surface area contributed by atoms with Gasteiger partial charge < -0.3 is 19.9 Å². The van der Waals surface area contributed by atoms with Crippen molar-refractivity contribution in [1.82, 2.24) is 19.7 Å². The first-order valence-corrected chi connectivity index (χ1v) is 8.20. The van der Waals surface area contributed by atoms with E-state index < -0.39 is 0 Å². The van der Waals surface area contributed by atoms with Crippen LogP contribution in [0.15, 0.2) is 30.7 Å². The highest BCUT2D eigenvalue weighted by molar-refractivity contribution is 5.88. The largest absolute Gasteiger partial charge is 0.490 e.